The minimum atomic E-state index is -0.950. The van der Waals surface area contributed by atoms with Crippen LogP contribution in [0.2, 0.25) is 0 Å². The van der Waals surface area contributed by atoms with Gasteiger partial charge in [0.2, 0.25) is 0 Å². The van der Waals surface area contributed by atoms with E-state index in [-0.39, 0.29) is 11.7 Å². The Morgan fingerprint density at radius 1 is 1.20 bits per heavy atom. The van der Waals surface area contributed by atoms with Crippen LogP contribution in [0.5, 0.6) is 5.75 Å². The van der Waals surface area contributed by atoms with Gasteiger partial charge in [-0.15, -0.1) is 11.3 Å². The normalized spacial score (nSPS) is 14.3. The van der Waals surface area contributed by atoms with E-state index in [1.807, 2.05) is 6.07 Å². The molecule has 2 N–H and O–H groups in total. The molecule has 1 aliphatic rings. The number of carbonyl (C=O) groups is 2. The van der Waals surface area contributed by atoms with Crippen molar-refractivity contribution in [3.63, 3.8) is 0 Å². The number of thiophene rings is 1. The van der Waals surface area contributed by atoms with Gasteiger partial charge in [0.05, 0.1) is 4.88 Å². The van der Waals surface area contributed by atoms with Crippen LogP contribution in [0.4, 0.5) is 4.39 Å². The average molecular weight is 362 g/mol. The van der Waals surface area contributed by atoms with Crippen LogP contribution in [0.25, 0.3) is 0 Å². The molecule has 1 heterocycles. The minimum absolute atomic E-state index is 0.0117. The molecule has 1 atom stereocenters. The number of carbonyl (C=O) groups excluding carboxylic acids is 2. The van der Waals surface area contributed by atoms with Gasteiger partial charge < -0.3 is 4.74 Å². The molecule has 0 radical (unpaired) electrons. The Labute approximate surface area is 149 Å². The predicted octanol–water partition coefficient (Wildman–Crippen LogP) is 2.99. The molecule has 132 valence electrons. The van der Waals surface area contributed by atoms with Gasteiger partial charge in [-0.05, 0) is 56.4 Å². The summed E-state index contributed by atoms with van der Waals surface area (Å²) < 4.78 is 18.8. The van der Waals surface area contributed by atoms with Gasteiger partial charge in [-0.3, -0.25) is 20.4 Å². The third-order valence-corrected chi connectivity index (χ3v) is 5.27. The molecule has 1 unspecified atom stereocenters. The summed E-state index contributed by atoms with van der Waals surface area (Å²) in [5.74, 6) is -1.47. The largest absolute Gasteiger partial charge is 0.478 e. The summed E-state index contributed by atoms with van der Waals surface area (Å²) in [6.45, 7) is 1.48. The Bertz CT molecular complexity index is 767. The number of rotatable bonds is 4. The first-order valence-electron chi connectivity index (χ1n) is 8.17. The molecule has 0 spiro atoms. The maximum Gasteiger partial charge on any atom is 0.279 e. The summed E-state index contributed by atoms with van der Waals surface area (Å²) in [4.78, 5) is 26.0. The number of aryl methyl sites for hydroxylation is 2. The van der Waals surface area contributed by atoms with E-state index in [0.29, 0.717) is 4.88 Å². The summed E-state index contributed by atoms with van der Waals surface area (Å²) in [6.07, 6.45) is 3.35. The van der Waals surface area contributed by atoms with E-state index in [1.165, 1.54) is 46.9 Å². The Hall–Kier alpha value is -2.41. The molecule has 0 fully saturated rings. The number of hydrogen-bond acceptors (Lipinski definition) is 4. The number of ether oxygens (including phenoxy) is 1. The van der Waals surface area contributed by atoms with Gasteiger partial charge in [-0.25, -0.2) is 4.39 Å². The van der Waals surface area contributed by atoms with Crippen LogP contribution in [0.1, 0.15) is 39.9 Å². The zero-order valence-electron chi connectivity index (χ0n) is 13.8. The number of nitrogens with one attached hydrogen (secondary N) is 2. The number of hydrazine groups is 1. The second-order valence-electron chi connectivity index (χ2n) is 5.90. The number of amides is 2. The highest BCUT2D eigenvalue weighted by molar-refractivity contribution is 7.14. The quantitative estimate of drug-likeness (QED) is 0.822. The van der Waals surface area contributed by atoms with E-state index in [4.69, 9.17) is 4.74 Å². The molecule has 25 heavy (non-hydrogen) atoms. The van der Waals surface area contributed by atoms with Crippen LogP contribution in [-0.4, -0.2) is 17.9 Å². The van der Waals surface area contributed by atoms with Crippen molar-refractivity contribution in [2.24, 2.45) is 0 Å². The van der Waals surface area contributed by atoms with Crippen LogP contribution < -0.4 is 15.6 Å². The lowest BCUT2D eigenvalue weighted by molar-refractivity contribution is -0.128. The van der Waals surface area contributed by atoms with Gasteiger partial charge in [0.1, 0.15) is 0 Å². The number of fused-ring (bicyclic) bond motifs is 1. The standard InChI is InChI=1S/C18H19FN2O3S/c1-11(24-14-8-4-3-7-13(14)19)17(22)20-21-18(23)16-10-12-6-2-5-9-15(12)25-16/h3-4,7-8,10-11H,2,5-6,9H2,1H3,(H,20,22)(H,21,23). The maximum atomic E-state index is 13.5. The fraction of sp³-hybridized carbons (Fsp3) is 0.333. The minimum Gasteiger partial charge on any atom is -0.478 e. The van der Waals surface area contributed by atoms with Gasteiger partial charge in [-0.2, -0.15) is 0 Å². The monoisotopic (exact) mass is 362 g/mol. The summed E-state index contributed by atoms with van der Waals surface area (Å²) >= 11 is 1.46. The second-order valence-corrected chi connectivity index (χ2v) is 7.04. The molecule has 2 aromatic rings. The smallest absolute Gasteiger partial charge is 0.279 e. The maximum absolute atomic E-state index is 13.5. The molecule has 0 bridgehead atoms. The number of hydrogen-bond donors (Lipinski definition) is 2. The van der Waals surface area contributed by atoms with E-state index < -0.39 is 17.8 Å². The van der Waals surface area contributed by atoms with Gasteiger partial charge in [0.25, 0.3) is 11.8 Å². The van der Waals surface area contributed by atoms with Crippen molar-refractivity contribution >= 4 is 23.2 Å². The highest BCUT2D eigenvalue weighted by Gasteiger charge is 2.20. The second kappa shape index (κ2) is 7.65. The van der Waals surface area contributed by atoms with Gasteiger partial charge in [-0.1, -0.05) is 12.1 Å². The van der Waals surface area contributed by atoms with Gasteiger partial charge in [0.15, 0.2) is 17.7 Å². The molecule has 0 aliphatic heterocycles. The van der Waals surface area contributed by atoms with Crippen LogP contribution in [0.15, 0.2) is 30.3 Å². The van der Waals surface area contributed by atoms with Crippen molar-refractivity contribution in [3.8, 4) is 5.75 Å². The molecule has 7 heteroatoms. The molecular weight excluding hydrogens is 343 g/mol. The summed E-state index contributed by atoms with van der Waals surface area (Å²) in [5, 5.41) is 0. The Balaban J connectivity index is 1.53. The van der Waals surface area contributed by atoms with Crippen LogP contribution in [-0.2, 0) is 17.6 Å². The van der Waals surface area contributed by atoms with Crippen molar-refractivity contribution in [1.29, 1.82) is 0 Å². The highest BCUT2D eigenvalue weighted by Crippen LogP contribution is 2.29. The Kier molecular flexibility index (Phi) is 5.33. The molecule has 1 aliphatic carbocycles. The van der Waals surface area contributed by atoms with E-state index in [2.05, 4.69) is 10.9 Å². The topological polar surface area (TPSA) is 67.4 Å². The molecular formula is C18H19FN2O3S. The molecule has 1 aromatic carbocycles. The third kappa shape index (κ3) is 4.17. The van der Waals surface area contributed by atoms with E-state index in [1.54, 1.807) is 6.07 Å². The van der Waals surface area contributed by atoms with E-state index >= 15 is 0 Å². The fourth-order valence-electron chi connectivity index (χ4n) is 2.67. The zero-order chi connectivity index (χ0) is 17.8. The summed E-state index contributed by atoms with van der Waals surface area (Å²) in [5.41, 5.74) is 5.93. The van der Waals surface area contributed by atoms with Crippen LogP contribution in [0.3, 0.4) is 0 Å². The molecule has 5 nitrogen and oxygen atoms in total. The number of para-hydroxylation sites is 1. The predicted molar refractivity (Wildman–Crippen MR) is 93.1 cm³/mol. The lowest BCUT2D eigenvalue weighted by atomic mass is 9.99. The molecule has 0 saturated heterocycles. The first-order chi connectivity index (χ1) is 12.0. The first kappa shape index (κ1) is 17.4. The number of benzene rings is 1. The Morgan fingerprint density at radius 2 is 1.96 bits per heavy atom. The van der Waals surface area contributed by atoms with Crippen LogP contribution in [0, 0.1) is 5.82 Å². The van der Waals surface area contributed by atoms with Crippen molar-refractivity contribution in [2.45, 2.75) is 38.7 Å². The first-order valence-corrected chi connectivity index (χ1v) is 8.99. The van der Waals surface area contributed by atoms with Crippen molar-refractivity contribution in [2.75, 3.05) is 0 Å². The summed E-state index contributed by atoms with van der Waals surface area (Å²) in [6, 6.07) is 7.73. The van der Waals surface area contributed by atoms with Gasteiger partial charge >= 0.3 is 0 Å². The fourth-order valence-corrected chi connectivity index (χ4v) is 3.82. The highest BCUT2D eigenvalue weighted by atomic mass is 32.1. The molecule has 0 saturated carbocycles. The SMILES string of the molecule is CC(Oc1ccccc1F)C(=O)NNC(=O)c1cc2c(s1)CCCC2. The van der Waals surface area contributed by atoms with Gasteiger partial charge in [0, 0.05) is 4.88 Å². The third-order valence-electron chi connectivity index (χ3n) is 4.03. The van der Waals surface area contributed by atoms with Crippen molar-refractivity contribution < 1.29 is 18.7 Å². The van der Waals surface area contributed by atoms with Crippen LogP contribution >= 0.6 is 11.3 Å². The molecule has 1 aromatic heterocycles. The Morgan fingerprint density at radius 3 is 2.72 bits per heavy atom. The van der Waals surface area contributed by atoms with E-state index in [0.717, 1.165) is 25.7 Å². The number of halogens is 1. The lowest BCUT2D eigenvalue weighted by Crippen LogP contribution is -2.47. The van der Waals surface area contributed by atoms with Crippen molar-refractivity contribution in [3.05, 3.63) is 51.5 Å². The summed E-state index contributed by atoms with van der Waals surface area (Å²) in [7, 11) is 0. The average Bonchev–Trinajstić information content (AvgIpc) is 3.05. The molecule has 2 amide bonds. The van der Waals surface area contributed by atoms with Crippen molar-refractivity contribution in [1.82, 2.24) is 10.9 Å². The lowest BCUT2D eigenvalue weighted by Gasteiger charge is -2.15. The molecule has 3 rings (SSSR count). The van der Waals surface area contributed by atoms with E-state index in [9.17, 15) is 14.0 Å². The zero-order valence-corrected chi connectivity index (χ0v) is 14.6.